The van der Waals surface area contributed by atoms with Crippen molar-refractivity contribution in [1.82, 2.24) is 15.3 Å². The highest BCUT2D eigenvalue weighted by molar-refractivity contribution is 5.91. The van der Waals surface area contributed by atoms with Gasteiger partial charge in [0.2, 0.25) is 5.91 Å². The number of aliphatic hydroxyl groups excluding tert-OH is 1. The van der Waals surface area contributed by atoms with Crippen molar-refractivity contribution in [3.8, 4) is 22.9 Å². The van der Waals surface area contributed by atoms with Crippen molar-refractivity contribution in [2.45, 2.75) is 31.8 Å². The molecule has 0 aliphatic rings. The number of amides is 2. The maximum absolute atomic E-state index is 12.7. The molecule has 3 rings (SSSR count). The minimum absolute atomic E-state index is 0.0417. The van der Waals surface area contributed by atoms with E-state index in [9.17, 15) is 27.9 Å². The first-order valence-electron chi connectivity index (χ1n) is 10.3. The Bertz CT molecular complexity index is 1200. The van der Waals surface area contributed by atoms with Gasteiger partial charge in [0, 0.05) is 18.2 Å². The summed E-state index contributed by atoms with van der Waals surface area (Å²) in [5.41, 5.74) is 10.5. The number of carbonyl (C=O) groups excluding carboxylic acids is 2. The lowest BCUT2D eigenvalue weighted by molar-refractivity contribution is -0.137. The van der Waals surface area contributed by atoms with Crippen LogP contribution in [0.2, 0.25) is 0 Å². The second-order valence-electron chi connectivity index (χ2n) is 7.60. The quantitative estimate of drug-likeness (QED) is 0.360. The molecule has 3 aromatic rings. The van der Waals surface area contributed by atoms with Crippen LogP contribution in [0.5, 0.6) is 11.5 Å². The number of carbonyl (C=O) groups is 2. The molecule has 0 spiro atoms. The van der Waals surface area contributed by atoms with Crippen LogP contribution in [0.1, 0.15) is 28.7 Å². The van der Waals surface area contributed by atoms with Gasteiger partial charge in [-0.15, -0.1) is 0 Å². The second kappa shape index (κ2) is 10.5. The number of ether oxygens (including phenoxy) is 1. The number of primary amides is 2. The van der Waals surface area contributed by atoms with Gasteiger partial charge in [-0.25, -0.2) is 9.97 Å². The second-order valence-corrected chi connectivity index (χ2v) is 7.60. The summed E-state index contributed by atoms with van der Waals surface area (Å²) in [4.78, 5) is 31.4. The summed E-state index contributed by atoms with van der Waals surface area (Å²) in [7, 11) is 0. The fourth-order valence-electron chi connectivity index (χ4n) is 2.99. The molecule has 0 radical (unpaired) electrons. The number of hydrogen-bond donors (Lipinski definition) is 4. The number of benzene rings is 2. The van der Waals surface area contributed by atoms with Gasteiger partial charge >= 0.3 is 6.18 Å². The van der Waals surface area contributed by atoms with E-state index in [1.54, 1.807) is 31.2 Å². The third-order valence-corrected chi connectivity index (χ3v) is 4.93. The zero-order chi connectivity index (χ0) is 25.8. The Morgan fingerprint density at radius 3 is 2.11 bits per heavy atom. The first kappa shape index (κ1) is 25.6. The number of aromatic nitrogens is 2. The average Bonchev–Trinajstić information content (AvgIpc) is 2.82. The third-order valence-electron chi connectivity index (χ3n) is 4.93. The Labute approximate surface area is 197 Å². The van der Waals surface area contributed by atoms with E-state index in [0.29, 0.717) is 17.0 Å². The maximum Gasteiger partial charge on any atom is 0.416 e. The molecule has 0 fully saturated rings. The Morgan fingerprint density at radius 2 is 1.60 bits per heavy atom. The third kappa shape index (κ3) is 6.74. The highest BCUT2D eigenvalue weighted by atomic mass is 19.4. The molecular weight excluding hydrogens is 467 g/mol. The van der Waals surface area contributed by atoms with Gasteiger partial charge in [0.05, 0.1) is 11.3 Å². The van der Waals surface area contributed by atoms with Gasteiger partial charge in [-0.2, -0.15) is 13.2 Å². The van der Waals surface area contributed by atoms with Gasteiger partial charge in [0.1, 0.15) is 23.3 Å². The van der Waals surface area contributed by atoms with Gasteiger partial charge in [0.15, 0.2) is 5.82 Å². The first-order valence-corrected chi connectivity index (χ1v) is 10.3. The highest BCUT2D eigenvalue weighted by Gasteiger charge is 2.30. The van der Waals surface area contributed by atoms with Gasteiger partial charge < -0.3 is 26.6 Å². The molecule has 1 aromatic heterocycles. The fraction of sp³-hybridized carbons (Fsp3) is 0.217. The SMILES string of the molecule is C[C@H](NCc1cc(C(N)=O)nc(-c2ccc(Oc3ccc(C(F)(F)F)cc3)cc2)n1)[C@@H](O)C(N)=O. The molecule has 0 aliphatic heterocycles. The van der Waals surface area contributed by atoms with Crippen molar-refractivity contribution in [3.05, 3.63) is 71.5 Å². The minimum Gasteiger partial charge on any atom is -0.457 e. The van der Waals surface area contributed by atoms with E-state index in [1.807, 2.05) is 0 Å². The summed E-state index contributed by atoms with van der Waals surface area (Å²) in [6.07, 6.45) is -5.85. The molecule has 0 unspecified atom stereocenters. The van der Waals surface area contributed by atoms with E-state index in [1.165, 1.54) is 18.2 Å². The molecule has 35 heavy (non-hydrogen) atoms. The number of rotatable bonds is 9. The maximum atomic E-state index is 12.7. The number of hydrogen-bond acceptors (Lipinski definition) is 7. The van der Waals surface area contributed by atoms with E-state index in [0.717, 1.165) is 12.1 Å². The Balaban J connectivity index is 1.77. The van der Waals surface area contributed by atoms with Crippen LogP contribution in [0.25, 0.3) is 11.4 Å². The van der Waals surface area contributed by atoms with Crippen molar-refractivity contribution in [3.63, 3.8) is 0 Å². The minimum atomic E-state index is -4.44. The molecule has 2 amide bonds. The standard InChI is InChI=1S/C23H22F3N5O4/c1-12(19(32)21(28)34)29-11-15-10-18(20(27)33)31-22(30-15)13-2-6-16(7-3-13)35-17-8-4-14(5-9-17)23(24,25)26/h2-10,12,19,29,32H,11H2,1H3,(H2,27,33)(H2,28,34)/t12-,19+/m0/s1. The molecule has 2 aromatic carbocycles. The molecule has 2 atom stereocenters. The molecule has 6 N–H and O–H groups in total. The molecule has 184 valence electrons. The van der Waals surface area contributed by atoms with Crippen LogP contribution < -0.4 is 21.5 Å². The van der Waals surface area contributed by atoms with E-state index < -0.39 is 35.7 Å². The molecule has 0 saturated carbocycles. The fourth-order valence-corrected chi connectivity index (χ4v) is 2.99. The van der Waals surface area contributed by atoms with E-state index >= 15 is 0 Å². The van der Waals surface area contributed by atoms with Gasteiger partial charge in [0.25, 0.3) is 5.91 Å². The van der Waals surface area contributed by atoms with Gasteiger partial charge in [-0.1, -0.05) is 0 Å². The Morgan fingerprint density at radius 1 is 1.03 bits per heavy atom. The van der Waals surface area contributed by atoms with Crippen LogP contribution in [-0.4, -0.2) is 39.0 Å². The summed E-state index contributed by atoms with van der Waals surface area (Å²) < 4.78 is 43.7. The zero-order valence-corrected chi connectivity index (χ0v) is 18.4. The van der Waals surface area contributed by atoms with Crippen molar-refractivity contribution in [2.24, 2.45) is 11.5 Å². The van der Waals surface area contributed by atoms with Crippen molar-refractivity contribution < 1.29 is 32.6 Å². The summed E-state index contributed by atoms with van der Waals surface area (Å²) in [5, 5.41) is 12.6. The topological polar surface area (TPSA) is 153 Å². The average molecular weight is 489 g/mol. The largest absolute Gasteiger partial charge is 0.457 e. The number of nitrogens with zero attached hydrogens (tertiary/aromatic N) is 2. The molecule has 12 heteroatoms. The number of alkyl halides is 3. The van der Waals surface area contributed by atoms with Crippen LogP contribution >= 0.6 is 0 Å². The molecular formula is C23H22F3N5O4. The molecule has 1 heterocycles. The number of halogens is 3. The van der Waals surface area contributed by atoms with Crippen LogP contribution in [0.15, 0.2) is 54.6 Å². The van der Waals surface area contributed by atoms with Gasteiger partial charge in [-0.3, -0.25) is 9.59 Å². The molecule has 0 aliphatic carbocycles. The van der Waals surface area contributed by atoms with Crippen LogP contribution in [-0.2, 0) is 17.5 Å². The van der Waals surface area contributed by atoms with Crippen LogP contribution in [0, 0.1) is 0 Å². The molecule has 9 nitrogen and oxygen atoms in total. The zero-order valence-electron chi connectivity index (χ0n) is 18.4. The molecule has 0 saturated heterocycles. The number of nitrogens with one attached hydrogen (secondary N) is 1. The predicted molar refractivity (Wildman–Crippen MR) is 119 cm³/mol. The van der Waals surface area contributed by atoms with Crippen molar-refractivity contribution >= 4 is 11.8 Å². The normalized spacial score (nSPS) is 13.2. The lowest BCUT2D eigenvalue weighted by atomic mass is 10.1. The summed E-state index contributed by atoms with van der Waals surface area (Å²) in [5.74, 6) is -0.900. The number of nitrogens with two attached hydrogens (primary N) is 2. The first-order chi connectivity index (χ1) is 16.4. The van der Waals surface area contributed by atoms with Crippen LogP contribution in [0.4, 0.5) is 13.2 Å². The molecule has 0 bridgehead atoms. The summed E-state index contributed by atoms with van der Waals surface area (Å²) in [6, 6.07) is 11.3. The van der Waals surface area contributed by atoms with E-state index in [2.05, 4.69) is 15.3 Å². The summed E-state index contributed by atoms with van der Waals surface area (Å²) >= 11 is 0. The monoisotopic (exact) mass is 489 g/mol. The van der Waals surface area contributed by atoms with Crippen molar-refractivity contribution in [1.29, 1.82) is 0 Å². The predicted octanol–water partition coefficient (Wildman–Crippen LogP) is 2.38. The summed E-state index contributed by atoms with van der Waals surface area (Å²) in [6.45, 7) is 1.64. The van der Waals surface area contributed by atoms with Crippen LogP contribution in [0.3, 0.4) is 0 Å². The number of aliphatic hydroxyl groups is 1. The highest BCUT2D eigenvalue weighted by Crippen LogP contribution is 2.31. The van der Waals surface area contributed by atoms with Crippen molar-refractivity contribution in [2.75, 3.05) is 0 Å². The Kier molecular flexibility index (Phi) is 7.67. The lowest BCUT2D eigenvalue weighted by Gasteiger charge is -2.17. The Hall–Kier alpha value is -4.03. The van der Waals surface area contributed by atoms with E-state index in [4.69, 9.17) is 16.2 Å². The van der Waals surface area contributed by atoms with E-state index in [-0.39, 0.29) is 23.8 Å². The van der Waals surface area contributed by atoms with Gasteiger partial charge in [-0.05, 0) is 61.5 Å². The smallest absolute Gasteiger partial charge is 0.416 e. The lowest BCUT2D eigenvalue weighted by Crippen LogP contribution is -2.45.